The van der Waals surface area contributed by atoms with Crippen molar-refractivity contribution < 1.29 is 4.79 Å². The summed E-state index contributed by atoms with van der Waals surface area (Å²) < 4.78 is 0.987. The summed E-state index contributed by atoms with van der Waals surface area (Å²) in [6, 6.07) is 5.58. The summed E-state index contributed by atoms with van der Waals surface area (Å²) in [7, 11) is 0. The number of hydrogen-bond donors (Lipinski definition) is 0. The molecule has 0 saturated heterocycles. The molecule has 12 heavy (non-hydrogen) atoms. The van der Waals surface area contributed by atoms with Crippen molar-refractivity contribution in [3.63, 3.8) is 0 Å². The summed E-state index contributed by atoms with van der Waals surface area (Å²) in [4.78, 5) is 10.6. The molecule has 0 atom stereocenters. The Bertz CT molecular complexity index is 433. The Morgan fingerprint density at radius 2 is 2.25 bits per heavy atom. The topological polar surface area (TPSA) is 17.1 Å². The molecule has 1 nitrogen and oxygen atoms in total. The van der Waals surface area contributed by atoms with Gasteiger partial charge in [-0.25, -0.2) is 0 Å². The Labute approximate surface area is 78.6 Å². The maximum Gasteiger partial charge on any atom is 0.151 e. The van der Waals surface area contributed by atoms with Crippen molar-refractivity contribution in [2.24, 2.45) is 0 Å². The molecule has 0 fully saturated rings. The minimum absolute atomic E-state index is 0.714. The minimum Gasteiger partial charge on any atom is -0.298 e. The van der Waals surface area contributed by atoms with E-state index in [1.54, 1.807) is 0 Å². The monoisotopic (exact) mass is 196 g/mol. The van der Waals surface area contributed by atoms with Crippen LogP contribution in [-0.2, 0) is 0 Å². The molecule has 0 unspecified atom stereocenters. The molecule has 2 rings (SSSR count). The first-order valence-electron chi connectivity index (χ1n) is 3.44. The number of carbonyl (C=O) groups is 1. The van der Waals surface area contributed by atoms with Gasteiger partial charge in [-0.3, -0.25) is 4.79 Å². The van der Waals surface area contributed by atoms with Crippen molar-refractivity contribution >= 4 is 39.3 Å². The molecule has 3 heteroatoms. The number of hydrogen-bond acceptors (Lipinski definition) is 2. The van der Waals surface area contributed by atoms with E-state index in [0.29, 0.717) is 5.02 Å². The highest BCUT2D eigenvalue weighted by Crippen LogP contribution is 2.30. The van der Waals surface area contributed by atoms with E-state index in [2.05, 4.69) is 0 Å². The molecule has 0 amide bonds. The molecule has 1 aromatic heterocycles. The largest absolute Gasteiger partial charge is 0.298 e. The van der Waals surface area contributed by atoms with Crippen molar-refractivity contribution in [2.75, 3.05) is 0 Å². The molecule has 0 bridgehead atoms. The highest BCUT2D eigenvalue weighted by atomic mass is 35.5. The van der Waals surface area contributed by atoms with Gasteiger partial charge in [-0.2, -0.15) is 0 Å². The molecule has 0 aliphatic carbocycles. The number of halogens is 1. The number of carbonyl (C=O) groups excluding carboxylic acids is 1. The van der Waals surface area contributed by atoms with Crippen LogP contribution >= 0.6 is 22.9 Å². The molecule has 1 heterocycles. The molecule has 0 N–H and O–H groups in total. The average molecular weight is 197 g/mol. The zero-order chi connectivity index (χ0) is 8.55. The Kier molecular flexibility index (Phi) is 1.87. The molecule has 1 aromatic carbocycles. The fraction of sp³-hybridized carbons (Fsp3) is 0. The second-order valence-electron chi connectivity index (χ2n) is 2.43. The van der Waals surface area contributed by atoms with E-state index in [-0.39, 0.29) is 0 Å². The molecular formula is C9H5ClOS. The second kappa shape index (κ2) is 2.88. The van der Waals surface area contributed by atoms with Crippen LogP contribution in [0.3, 0.4) is 0 Å². The third-order valence-electron chi connectivity index (χ3n) is 1.71. The third kappa shape index (κ3) is 1.04. The van der Waals surface area contributed by atoms with E-state index < -0.39 is 0 Å². The van der Waals surface area contributed by atoms with Crippen molar-refractivity contribution in [3.05, 3.63) is 34.2 Å². The third-order valence-corrected chi connectivity index (χ3v) is 3.18. The van der Waals surface area contributed by atoms with Crippen molar-refractivity contribution in [1.82, 2.24) is 0 Å². The van der Waals surface area contributed by atoms with Gasteiger partial charge in [-0.15, -0.1) is 11.3 Å². The lowest BCUT2D eigenvalue weighted by Crippen LogP contribution is -1.73. The quantitative estimate of drug-likeness (QED) is 0.640. The van der Waals surface area contributed by atoms with Gasteiger partial charge in [-0.05, 0) is 6.07 Å². The molecule has 0 aliphatic heterocycles. The van der Waals surface area contributed by atoms with E-state index in [0.717, 1.165) is 21.9 Å². The lowest BCUT2D eigenvalue weighted by molar-refractivity contribution is 0.112. The number of rotatable bonds is 1. The van der Waals surface area contributed by atoms with Crippen LogP contribution in [0.25, 0.3) is 10.1 Å². The fourth-order valence-electron chi connectivity index (χ4n) is 1.13. The zero-order valence-electron chi connectivity index (χ0n) is 6.08. The molecule has 0 saturated carbocycles. The van der Waals surface area contributed by atoms with E-state index in [1.807, 2.05) is 23.6 Å². The van der Waals surface area contributed by atoms with Crippen LogP contribution in [0, 0.1) is 0 Å². The summed E-state index contributed by atoms with van der Waals surface area (Å²) in [6.45, 7) is 0. The summed E-state index contributed by atoms with van der Waals surface area (Å²) in [5.41, 5.74) is 0.720. The first kappa shape index (κ1) is 7.77. The van der Waals surface area contributed by atoms with Gasteiger partial charge in [-0.1, -0.05) is 23.7 Å². The van der Waals surface area contributed by atoms with E-state index in [9.17, 15) is 4.79 Å². The van der Waals surface area contributed by atoms with Gasteiger partial charge in [0, 0.05) is 16.3 Å². The molecular weight excluding hydrogens is 192 g/mol. The summed E-state index contributed by atoms with van der Waals surface area (Å²) in [6.07, 6.45) is 0.856. The van der Waals surface area contributed by atoms with Crippen LogP contribution < -0.4 is 0 Å². The zero-order valence-corrected chi connectivity index (χ0v) is 7.65. The molecule has 2 aromatic rings. The fourth-order valence-corrected chi connectivity index (χ4v) is 2.36. The van der Waals surface area contributed by atoms with Crippen molar-refractivity contribution in [2.45, 2.75) is 0 Å². The van der Waals surface area contributed by atoms with E-state index >= 15 is 0 Å². The number of fused-ring (bicyclic) bond motifs is 1. The van der Waals surface area contributed by atoms with Crippen molar-refractivity contribution in [1.29, 1.82) is 0 Å². The molecule has 60 valence electrons. The van der Waals surface area contributed by atoms with Gasteiger partial charge in [0.15, 0.2) is 6.29 Å². The Morgan fingerprint density at radius 3 is 3.00 bits per heavy atom. The molecule has 0 spiro atoms. The normalized spacial score (nSPS) is 10.4. The first-order chi connectivity index (χ1) is 5.83. The van der Waals surface area contributed by atoms with Gasteiger partial charge >= 0.3 is 0 Å². The predicted octanol–water partition coefficient (Wildman–Crippen LogP) is 3.37. The van der Waals surface area contributed by atoms with Crippen LogP contribution in [0.4, 0.5) is 0 Å². The van der Waals surface area contributed by atoms with Crippen LogP contribution in [0.2, 0.25) is 5.02 Å². The van der Waals surface area contributed by atoms with Crippen LogP contribution in [0.5, 0.6) is 0 Å². The Balaban J connectivity index is 2.88. The summed E-state index contributed by atoms with van der Waals surface area (Å²) in [5.74, 6) is 0. The van der Waals surface area contributed by atoms with Crippen LogP contribution in [-0.4, -0.2) is 6.29 Å². The van der Waals surface area contributed by atoms with Gasteiger partial charge in [0.05, 0.1) is 9.72 Å². The number of aldehydes is 1. The van der Waals surface area contributed by atoms with E-state index in [1.165, 1.54) is 11.3 Å². The number of thiophene rings is 1. The minimum atomic E-state index is 0.714. The summed E-state index contributed by atoms with van der Waals surface area (Å²) >= 11 is 7.42. The molecule has 0 radical (unpaired) electrons. The highest BCUT2D eigenvalue weighted by Gasteiger charge is 2.04. The van der Waals surface area contributed by atoms with Gasteiger partial charge in [0.2, 0.25) is 0 Å². The maximum atomic E-state index is 10.6. The highest BCUT2D eigenvalue weighted by molar-refractivity contribution is 7.18. The standard InChI is InChI=1S/C9H5ClOS/c10-8-3-1-2-7-6(4-11)5-12-9(7)8/h1-5H. The first-order valence-corrected chi connectivity index (χ1v) is 4.69. The Hall–Kier alpha value is -0.860. The lowest BCUT2D eigenvalue weighted by Gasteiger charge is -1.91. The smallest absolute Gasteiger partial charge is 0.151 e. The van der Waals surface area contributed by atoms with Gasteiger partial charge in [0.25, 0.3) is 0 Å². The number of benzene rings is 1. The van der Waals surface area contributed by atoms with Gasteiger partial charge in [0.1, 0.15) is 0 Å². The van der Waals surface area contributed by atoms with Crippen molar-refractivity contribution in [3.8, 4) is 0 Å². The predicted molar refractivity (Wildman–Crippen MR) is 52.2 cm³/mol. The average Bonchev–Trinajstić information content (AvgIpc) is 2.49. The maximum absolute atomic E-state index is 10.6. The summed E-state index contributed by atoms with van der Waals surface area (Å²) in [5, 5.41) is 3.48. The SMILES string of the molecule is O=Cc1csc2c(Cl)cccc12. The van der Waals surface area contributed by atoms with Gasteiger partial charge < -0.3 is 0 Å². The van der Waals surface area contributed by atoms with Crippen LogP contribution in [0.1, 0.15) is 10.4 Å². The lowest BCUT2D eigenvalue weighted by atomic mass is 10.2. The molecule has 0 aliphatic rings. The second-order valence-corrected chi connectivity index (χ2v) is 3.71. The van der Waals surface area contributed by atoms with E-state index in [4.69, 9.17) is 11.6 Å². The van der Waals surface area contributed by atoms with Crippen LogP contribution in [0.15, 0.2) is 23.6 Å². The Morgan fingerprint density at radius 1 is 1.42 bits per heavy atom.